The van der Waals surface area contributed by atoms with Crippen LogP contribution >= 0.6 is 0 Å². The number of likely N-dealkylation sites (N-methyl/N-ethyl adjacent to an activating group) is 1. The van der Waals surface area contributed by atoms with Crippen LogP contribution in [0.2, 0.25) is 0 Å². The highest BCUT2D eigenvalue weighted by atomic mass is 32.2. The van der Waals surface area contributed by atoms with Gasteiger partial charge in [0.15, 0.2) is 11.7 Å². The SMILES string of the molecule is CCC(=O)OCON=[N+]([O-])N(C)[C@H](C(=O)NS(=O)(=O)c1ccc(-n2nc(C(F)(F)F)cc2-c2ccc(C)cc2)cc1)C(C)C. The summed E-state index contributed by atoms with van der Waals surface area (Å²) in [6.07, 6.45) is -4.65. The number of nitrogens with one attached hydrogen (secondary N) is 1. The number of hydrazine groups is 1. The minimum absolute atomic E-state index is 0.0772. The zero-order valence-corrected chi connectivity index (χ0v) is 25.2. The number of halogens is 3. The van der Waals surface area contributed by atoms with E-state index in [1.807, 2.05) is 11.6 Å². The van der Waals surface area contributed by atoms with E-state index >= 15 is 0 Å². The van der Waals surface area contributed by atoms with Gasteiger partial charge in [0.2, 0.25) is 5.28 Å². The van der Waals surface area contributed by atoms with Crippen LogP contribution in [0.15, 0.2) is 64.8 Å². The molecule has 0 fully saturated rings. The fraction of sp³-hybridized carbons (Fsp3) is 0.370. The molecule has 0 aliphatic rings. The lowest BCUT2D eigenvalue weighted by Crippen LogP contribution is -2.51. The number of hydrogen-bond acceptors (Lipinski definition) is 9. The van der Waals surface area contributed by atoms with Gasteiger partial charge in [-0.15, -0.1) is 5.01 Å². The zero-order valence-electron chi connectivity index (χ0n) is 24.4. The molecule has 0 aliphatic carbocycles. The quantitative estimate of drug-likeness (QED) is 0.0759. The van der Waals surface area contributed by atoms with Crippen LogP contribution in [0.4, 0.5) is 13.2 Å². The van der Waals surface area contributed by atoms with Crippen molar-refractivity contribution in [2.45, 2.75) is 51.2 Å². The second-order valence-electron chi connectivity index (χ2n) is 9.87. The van der Waals surface area contributed by atoms with E-state index in [2.05, 4.69) is 20.0 Å². The van der Waals surface area contributed by atoms with Gasteiger partial charge in [-0.2, -0.15) is 18.3 Å². The van der Waals surface area contributed by atoms with Crippen LogP contribution < -0.4 is 4.72 Å². The van der Waals surface area contributed by atoms with Crippen LogP contribution in [0.5, 0.6) is 0 Å². The van der Waals surface area contributed by atoms with Crippen molar-refractivity contribution in [1.29, 1.82) is 0 Å². The lowest BCUT2D eigenvalue weighted by Gasteiger charge is -2.25. The molecular formula is C27H31F3N6O7S. The van der Waals surface area contributed by atoms with Crippen LogP contribution in [0.3, 0.4) is 0 Å². The number of aryl methyl sites for hydroxylation is 1. The second kappa shape index (κ2) is 13.7. The van der Waals surface area contributed by atoms with Crippen molar-refractivity contribution >= 4 is 21.9 Å². The Labute approximate surface area is 251 Å². The number of sulfonamides is 1. The Hall–Kier alpha value is -4.67. The van der Waals surface area contributed by atoms with E-state index in [4.69, 9.17) is 0 Å². The van der Waals surface area contributed by atoms with Crippen LogP contribution in [-0.2, 0) is 35.4 Å². The Balaban J connectivity index is 1.83. The van der Waals surface area contributed by atoms with E-state index in [1.54, 1.807) is 45.0 Å². The molecule has 3 rings (SSSR count). The number of amides is 1. The van der Waals surface area contributed by atoms with Crippen molar-refractivity contribution in [1.82, 2.24) is 19.5 Å². The summed E-state index contributed by atoms with van der Waals surface area (Å²) in [6.45, 7) is 5.86. The first-order valence-electron chi connectivity index (χ1n) is 13.1. The van der Waals surface area contributed by atoms with E-state index < -0.39 is 52.5 Å². The van der Waals surface area contributed by atoms with Gasteiger partial charge in [0.1, 0.15) is 0 Å². The lowest BCUT2D eigenvalue weighted by molar-refractivity contribution is -0.712. The summed E-state index contributed by atoms with van der Waals surface area (Å²) >= 11 is 0. The van der Waals surface area contributed by atoms with Gasteiger partial charge in [0.25, 0.3) is 22.7 Å². The molecule has 0 spiro atoms. The summed E-state index contributed by atoms with van der Waals surface area (Å²) in [5.41, 5.74) is 0.489. The Morgan fingerprint density at radius 3 is 2.30 bits per heavy atom. The molecule has 0 unspecified atom stereocenters. The van der Waals surface area contributed by atoms with Gasteiger partial charge in [-0.1, -0.05) is 50.6 Å². The van der Waals surface area contributed by atoms with Crippen LogP contribution in [0.25, 0.3) is 16.9 Å². The Kier molecular flexibility index (Phi) is 10.6. The standard InChI is InChI=1S/C27H31F3N6O7S/c1-6-24(37)42-16-43-33-36(39)34(5)25(17(2)3)26(38)32-44(40,41)21-13-11-20(12-14-21)35-22(15-23(31-35)27(28,29)30)19-9-7-18(4)8-10-19/h7-15,17,25H,6,16H2,1-5H3,(H,32,38)/t25-/m0/s1. The molecule has 17 heteroatoms. The monoisotopic (exact) mass is 640 g/mol. The zero-order chi connectivity index (χ0) is 32.8. The largest absolute Gasteiger partial charge is 0.569 e. The highest BCUT2D eigenvalue weighted by Gasteiger charge is 2.36. The first-order chi connectivity index (χ1) is 20.5. The number of alkyl halides is 3. The highest BCUT2D eigenvalue weighted by Crippen LogP contribution is 2.33. The molecule has 1 atom stereocenters. The molecule has 44 heavy (non-hydrogen) atoms. The molecule has 1 aromatic heterocycles. The lowest BCUT2D eigenvalue weighted by atomic mass is 10.0. The predicted molar refractivity (Wildman–Crippen MR) is 149 cm³/mol. The van der Waals surface area contributed by atoms with Gasteiger partial charge in [-0.05, 0) is 43.2 Å². The minimum Gasteiger partial charge on any atom is -0.569 e. The molecule has 0 radical (unpaired) electrons. The number of benzene rings is 2. The molecule has 0 saturated carbocycles. The third-order valence-electron chi connectivity index (χ3n) is 6.24. The summed E-state index contributed by atoms with van der Waals surface area (Å²) in [7, 11) is -3.32. The Bertz CT molecular complexity index is 1610. The molecule has 1 amide bonds. The average Bonchev–Trinajstić information content (AvgIpc) is 3.41. The van der Waals surface area contributed by atoms with Crippen molar-refractivity contribution in [3.8, 4) is 16.9 Å². The number of rotatable bonds is 12. The van der Waals surface area contributed by atoms with E-state index in [-0.39, 0.29) is 27.7 Å². The maximum Gasteiger partial charge on any atom is 0.435 e. The minimum atomic E-state index is -4.72. The van der Waals surface area contributed by atoms with E-state index in [9.17, 15) is 36.4 Å². The molecule has 0 aliphatic heterocycles. The topological polar surface area (TPSA) is 158 Å². The number of nitrogens with zero attached hydrogens (tertiary/aromatic N) is 5. The molecule has 1 heterocycles. The second-order valence-corrected chi connectivity index (χ2v) is 11.6. The Morgan fingerprint density at radius 2 is 1.75 bits per heavy atom. The van der Waals surface area contributed by atoms with Crippen molar-refractivity contribution in [2.75, 3.05) is 13.8 Å². The summed E-state index contributed by atoms with van der Waals surface area (Å²) in [5.74, 6) is -2.25. The summed E-state index contributed by atoms with van der Waals surface area (Å²) in [4.78, 5) is 28.3. The fourth-order valence-corrected chi connectivity index (χ4v) is 5.00. The van der Waals surface area contributed by atoms with Crippen molar-refractivity contribution in [3.05, 3.63) is 71.1 Å². The number of aromatic nitrogens is 2. The first-order valence-corrected chi connectivity index (χ1v) is 14.6. The predicted octanol–water partition coefficient (Wildman–Crippen LogP) is 4.35. The third kappa shape index (κ3) is 8.24. The van der Waals surface area contributed by atoms with Crippen molar-refractivity contribution < 1.29 is 45.7 Å². The maximum atomic E-state index is 13.5. The smallest absolute Gasteiger partial charge is 0.435 e. The summed E-state index contributed by atoms with van der Waals surface area (Å²) < 4.78 is 74.2. The molecule has 0 saturated heterocycles. The van der Waals surface area contributed by atoms with Gasteiger partial charge in [0.05, 0.1) is 28.3 Å². The van der Waals surface area contributed by atoms with Crippen molar-refractivity contribution in [3.63, 3.8) is 0 Å². The Morgan fingerprint density at radius 1 is 1.14 bits per heavy atom. The van der Waals surface area contributed by atoms with Crippen LogP contribution in [-0.4, -0.2) is 59.9 Å². The molecular weight excluding hydrogens is 609 g/mol. The van der Waals surface area contributed by atoms with Gasteiger partial charge in [-0.3, -0.25) is 9.59 Å². The van der Waals surface area contributed by atoms with Crippen LogP contribution in [0, 0.1) is 18.0 Å². The summed E-state index contributed by atoms with van der Waals surface area (Å²) in [5, 5.41) is 20.0. The molecule has 1 N–H and O–H groups in total. The number of hydrogen-bond donors (Lipinski definition) is 1. The number of carbonyl (C=O) groups is 2. The molecule has 13 nitrogen and oxygen atoms in total. The first kappa shape index (κ1) is 33.8. The normalized spacial score (nSPS) is 13.0. The van der Waals surface area contributed by atoms with E-state index in [0.29, 0.717) is 5.56 Å². The number of ether oxygens (including phenoxy) is 1. The van der Waals surface area contributed by atoms with Gasteiger partial charge in [-0.25, -0.2) is 17.8 Å². The fourth-order valence-electron chi connectivity index (χ4n) is 4.00. The number of esters is 1. The van der Waals surface area contributed by atoms with Crippen molar-refractivity contribution in [2.24, 2.45) is 11.2 Å². The molecule has 3 aromatic rings. The highest BCUT2D eigenvalue weighted by molar-refractivity contribution is 7.90. The molecule has 2 aromatic carbocycles. The average molecular weight is 641 g/mol. The van der Waals surface area contributed by atoms with Crippen LogP contribution in [0.1, 0.15) is 38.4 Å². The van der Waals surface area contributed by atoms with E-state index in [0.717, 1.165) is 33.5 Å². The molecule has 0 bridgehead atoms. The summed E-state index contributed by atoms with van der Waals surface area (Å²) in [6, 6.07) is 11.0. The third-order valence-corrected chi connectivity index (χ3v) is 7.60. The molecule has 238 valence electrons. The van der Waals surface area contributed by atoms with Gasteiger partial charge in [0, 0.05) is 12.0 Å². The maximum absolute atomic E-state index is 13.5. The van der Waals surface area contributed by atoms with Gasteiger partial charge >= 0.3 is 12.1 Å². The van der Waals surface area contributed by atoms with E-state index in [1.165, 1.54) is 19.2 Å². The van der Waals surface area contributed by atoms with Gasteiger partial charge < -0.3 is 14.8 Å². The number of carbonyl (C=O) groups excluding carboxylic acids is 2.